The summed E-state index contributed by atoms with van der Waals surface area (Å²) < 4.78 is 5.25. The van der Waals surface area contributed by atoms with E-state index in [0.717, 1.165) is 24.2 Å². The molecule has 6 nitrogen and oxygen atoms in total. The van der Waals surface area contributed by atoms with Gasteiger partial charge in [-0.25, -0.2) is 0 Å². The summed E-state index contributed by atoms with van der Waals surface area (Å²) in [5, 5.41) is 11.1. The third-order valence-electron chi connectivity index (χ3n) is 5.85. The molecular weight excluding hydrogens is 392 g/mol. The number of benzene rings is 2. The zero-order valence-electron chi connectivity index (χ0n) is 18.6. The van der Waals surface area contributed by atoms with Gasteiger partial charge in [-0.1, -0.05) is 55.8 Å². The van der Waals surface area contributed by atoms with Gasteiger partial charge in [0.05, 0.1) is 18.7 Å². The van der Waals surface area contributed by atoms with Crippen LogP contribution in [0, 0.1) is 6.92 Å². The van der Waals surface area contributed by atoms with Gasteiger partial charge in [0.15, 0.2) is 0 Å². The van der Waals surface area contributed by atoms with Crippen LogP contribution in [0.2, 0.25) is 0 Å². The first kappa shape index (κ1) is 22.6. The summed E-state index contributed by atoms with van der Waals surface area (Å²) in [5.41, 5.74) is 2.44. The van der Waals surface area contributed by atoms with Crippen LogP contribution in [0.15, 0.2) is 54.1 Å². The van der Waals surface area contributed by atoms with E-state index in [-0.39, 0.29) is 11.3 Å². The molecule has 6 heteroatoms. The van der Waals surface area contributed by atoms with Gasteiger partial charge in [0, 0.05) is 18.7 Å². The van der Waals surface area contributed by atoms with Gasteiger partial charge in [-0.05, 0) is 37.7 Å². The molecule has 1 N–H and O–H groups in total. The number of carbonyl (C=O) groups excluding carboxylic acids is 2. The molecule has 0 spiro atoms. The van der Waals surface area contributed by atoms with Gasteiger partial charge in [0.25, 0.3) is 11.7 Å². The number of ketones is 1. The number of aryl methyl sites for hydroxylation is 1. The lowest BCUT2D eigenvalue weighted by molar-refractivity contribution is -0.140. The van der Waals surface area contributed by atoms with Crippen molar-refractivity contribution >= 4 is 17.4 Å². The van der Waals surface area contributed by atoms with E-state index in [0.29, 0.717) is 24.4 Å². The molecule has 1 amide bonds. The SMILES string of the molecule is CCN(CC)CCN1C(=O)C(=O)C(=C(O)c2ccc(C)cc2)[C@H]1c1ccc(OC)cc1. The molecule has 1 atom stereocenters. The number of aliphatic hydroxyl groups is 1. The van der Waals surface area contributed by atoms with Crippen molar-refractivity contribution in [2.75, 3.05) is 33.3 Å². The Kier molecular flexibility index (Phi) is 7.13. The van der Waals surface area contributed by atoms with Gasteiger partial charge in [0.1, 0.15) is 11.5 Å². The number of Topliss-reactive ketones (excluding diaryl/α,β-unsaturated/α-hetero) is 1. The van der Waals surface area contributed by atoms with Crippen LogP contribution >= 0.6 is 0 Å². The number of nitrogens with zero attached hydrogens (tertiary/aromatic N) is 2. The normalized spacial score (nSPS) is 18.1. The lowest BCUT2D eigenvalue weighted by Gasteiger charge is -2.28. The Labute approximate surface area is 183 Å². The Morgan fingerprint density at radius 3 is 2.19 bits per heavy atom. The molecule has 31 heavy (non-hydrogen) atoms. The Hall–Kier alpha value is -3.12. The first-order chi connectivity index (χ1) is 14.9. The van der Waals surface area contributed by atoms with Crippen molar-refractivity contribution in [3.05, 3.63) is 70.8 Å². The zero-order chi connectivity index (χ0) is 22.5. The number of amides is 1. The van der Waals surface area contributed by atoms with E-state index in [2.05, 4.69) is 18.7 Å². The van der Waals surface area contributed by atoms with Gasteiger partial charge in [-0.3, -0.25) is 9.59 Å². The fraction of sp³-hybridized carbons (Fsp3) is 0.360. The maximum atomic E-state index is 13.0. The highest BCUT2D eigenvalue weighted by atomic mass is 16.5. The monoisotopic (exact) mass is 422 g/mol. The minimum absolute atomic E-state index is 0.124. The van der Waals surface area contributed by atoms with E-state index in [1.165, 1.54) is 0 Å². The van der Waals surface area contributed by atoms with Crippen molar-refractivity contribution in [2.45, 2.75) is 26.8 Å². The maximum absolute atomic E-state index is 13.0. The fourth-order valence-electron chi connectivity index (χ4n) is 3.90. The molecule has 2 aromatic carbocycles. The smallest absolute Gasteiger partial charge is 0.295 e. The highest BCUT2D eigenvalue weighted by molar-refractivity contribution is 6.46. The molecule has 0 unspecified atom stereocenters. The number of aliphatic hydroxyl groups excluding tert-OH is 1. The predicted molar refractivity (Wildman–Crippen MR) is 121 cm³/mol. The maximum Gasteiger partial charge on any atom is 0.295 e. The summed E-state index contributed by atoms with van der Waals surface area (Å²) >= 11 is 0. The van der Waals surface area contributed by atoms with Crippen molar-refractivity contribution in [3.63, 3.8) is 0 Å². The number of likely N-dealkylation sites (N-methyl/N-ethyl adjacent to an activating group) is 1. The third kappa shape index (κ3) is 4.64. The van der Waals surface area contributed by atoms with Crippen LogP contribution in [0.3, 0.4) is 0 Å². The lowest BCUT2D eigenvalue weighted by Crippen LogP contribution is -2.38. The minimum atomic E-state index is -0.654. The van der Waals surface area contributed by atoms with Gasteiger partial charge < -0.3 is 19.6 Å². The second kappa shape index (κ2) is 9.79. The Morgan fingerprint density at radius 2 is 1.65 bits per heavy atom. The van der Waals surface area contributed by atoms with Crippen LogP contribution in [0.1, 0.15) is 36.6 Å². The average Bonchev–Trinajstić information content (AvgIpc) is 3.04. The first-order valence-corrected chi connectivity index (χ1v) is 10.6. The molecule has 0 radical (unpaired) electrons. The van der Waals surface area contributed by atoms with E-state index in [9.17, 15) is 14.7 Å². The fourth-order valence-corrected chi connectivity index (χ4v) is 3.90. The van der Waals surface area contributed by atoms with E-state index in [1.54, 1.807) is 36.3 Å². The number of likely N-dealkylation sites (tertiary alicyclic amines) is 1. The van der Waals surface area contributed by atoms with Gasteiger partial charge in [-0.2, -0.15) is 0 Å². The van der Waals surface area contributed by atoms with Gasteiger partial charge in [-0.15, -0.1) is 0 Å². The summed E-state index contributed by atoms with van der Waals surface area (Å²) in [7, 11) is 1.59. The largest absolute Gasteiger partial charge is 0.507 e. The quantitative estimate of drug-likeness (QED) is 0.398. The van der Waals surface area contributed by atoms with Crippen LogP contribution in [0.5, 0.6) is 5.75 Å². The molecule has 3 rings (SSSR count). The predicted octanol–water partition coefficient (Wildman–Crippen LogP) is 3.77. The highest BCUT2D eigenvalue weighted by Gasteiger charge is 2.45. The summed E-state index contributed by atoms with van der Waals surface area (Å²) in [4.78, 5) is 29.8. The van der Waals surface area contributed by atoms with Gasteiger partial charge in [0.2, 0.25) is 0 Å². The summed E-state index contributed by atoms with van der Waals surface area (Å²) in [6.07, 6.45) is 0. The second-order valence-electron chi connectivity index (χ2n) is 7.66. The molecule has 1 fully saturated rings. The van der Waals surface area contributed by atoms with E-state index in [1.807, 2.05) is 31.2 Å². The summed E-state index contributed by atoms with van der Waals surface area (Å²) in [6, 6.07) is 13.9. The van der Waals surface area contributed by atoms with Crippen LogP contribution < -0.4 is 4.74 Å². The molecule has 1 heterocycles. The van der Waals surface area contributed by atoms with E-state index < -0.39 is 17.7 Å². The Bertz CT molecular complexity index is 960. The average molecular weight is 423 g/mol. The number of hydrogen-bond acceptors (Lipinski definition) is 5. The molecule has 1 aliphatic heterocycles. The molecule has 0 saturated carbocycles. The van der Waals surface area contributed by atoms with Crippen LogP contribution in [-0.2, 0) is 9.59 Å². The lowest BCUT2D eigenvalue weighted by atomic mass is 9.95. The highest BCUT2D eigenvalue weighted by Crippen LogP contribution is 2.39. The second-order valence-corrected chi connectivity index (χ2v) is 7.66. The van der Waals surface area contributed by atoms with Crippen molar-refractivity contribution in [3.8, 4) is 5.75 Å². The van der Waals surface area contributed by atoms with Crippen molar-refractivity contribution in [1.82, 2.24) is 9.80 Å². The molecule has 1 saturated heterocycles. The molecule has 0 aliphatic carbocycles. The van der Waals surface area contributed by atoms with E-state index >= 15 is 0 Å². The Balaban J connectivity index is 2.08. The number of rotatable bonds is 8. The van der Waals surface area contributed by atoms with Crippen molar-refractivity contribution in [1.29, 1.82) is 0 Å². The zero-order valence-corrected chi connectivity index (χ0v) is 18.6. The standard InChI is InChI=1S/C25H30N2O4/c1-5-26(6-2)15-16-27-22(18-11-13-20(31-4)14-12-18)21(24(29)25(27)30)23(28)19-9-7-17(3)8-10-19/h7-14,22,28H,5-6,15-16H2,1-4H3/t22-/m1/s1. The van der Waals surface area contributed by atoms with Crippen LogP contribution in [0.4, 0.5) is 0 Å². The first-order valence-electron chi connectivity index (χ1n) is 10.6. The number of hydrogen-bond donors (Lipinski definition) is 1. The van der Waals surface area contributed by atoms with Crippen molar-refractivity contribution in [2.24, 2.45) is 0 Å². The van der Waals surface area contributed by atoms with Gasteiger partial charge >= 0.3 is 0 Å². The Morgan fingerprint density at radius 1 is 1.03 bits per heavy atom. The van der Waals surface area contributed by atoms with Crippen LogP contribution in [-0.4, -0.2) is 59.9 Å². The topological polar surface area (TPSA) is 70.1 Å². The number of ether oxygens (including phenoxy) is 1. The molecule has 0 aromatic heterocycles. The molecule has 2 aromatic rings. The molecule has 0 bridgehead atoms. The number of carbonyl (C=O) groups is 2. The number of methoxy groups -OCH3 is 1. The molecule has 164 valence electrons. The van der Waals surface area contributed by atoms with Crippen LogP contribution in [0.25, 0.3) is 5.76 Å². The summed E-state index contributed by atoms with van der Waals surface area (Å²) in [5.74, 6) is -0.702. The molecular formula is C25H30N2O4. The third-order valence-corrected chi connectivity index (χ3v) is 5.85. The van der Waals surface area contributed by atoms with E-state index in [4.69, 9.17) is 4.74 Å². The summed E-state index contributed by atoms with van der Waals surface area (Å²) in [6.45, 7) is 8.85. The molecule has 1 aliphatic rings. The van der Waals surface area contributed by atoms with Crippen molar-refractivity contribution < 1.29 is 19.4 Å². The minimum Gasteiger partial charge on any atom is -0.507 e.